The van der Waals surface area contributed by atoms with Crippen LogP contribution in [0.2, 0.25) is 0 Å². The van der Waals surface area contributed by atoms with Gasteiger partial charge in [0, 0.05) is 6.42 Å². The fourth-order valence-corrected chi connectivity index (χ4v) is 5.01. The van der Waals surface area contributed by atoms with Crippen molar-refractivity contribution in [2.75, 3.05) is 0 Å². The first-order chi connectivity index (χ1) is 15.7. The lowest BCUT2D eigenvalue weighted by Gasteiger charge is -2.29. The molecule has 2 aromatic rings. The highest BCUT2D eigenvalue weighted by atomic mass is 14.3. The van der Waals surface area contributed by atoms with Crippen LogP contribution in [0, 0.1) is 24.2 Å². The number of unbranched alkanes of at least 4 members (excludes halogenated alkanes) is 1. The van der Waals surface area contributed by atoms with Crippen LogP contribution in [0.4, 0.5) is 0 Å². The molecule has 0 radical (unpaired) electrons. The highest BCUT2D eigenvalue weighted by molar-refractivity contribution is 5.98. The van der Waals surface area contributed by atoms with Crippen molar-refractivity contribution in [3.05, 3.63) is 95.6 Å². The van der Waals surface area contributed by atoms with Gasteiger partial charge in [-0.2, -0.15) is 0 Å². The first-order valence-electron chi connectivity index (χ1n) is 12.3. The summed E-state index contributed by atoms with van der Waals surface area (Å²) < 4.78 is 0. The molecule has 1 aliphatic carbocycles. The minimum Gasteiger partial charge on any atom is -0.120 e. The lowest BCUT2D eigenvalue weighted by Crippen LogP contribution is -2.14. The maximum absolute atomic E-state index is 5.38. The summed E-state index contributed by atoms with van der Waals surface area (Å²) in [6.07, 6.45) is 21.6. The standard InChI is InChI=1S/C32H38/c1-4-5-6-7-8-12-20-27(3)31(28-21-14-10-15-22-28)32(29-23-16-11-17-24-29)30-25-18-9-13-19-26(30)2/h1,7-8,10-11,14-17,20-24,26,30H,5-6,9,12-13,18-19,25H2,2-3H3. The molecule has 0 aliphatic heterocycles. The maximum Gasteiger partial charge on any atom is 0.0121 e. The monoisotopic (exact) mass is 422 g/mol. The van der Waals surface area contributed by atoms with Gasteiger partial charge in [0.05, 0.1) is 0 Å². The molecule has 0 heterocycles. The fraction of sp³-hybridized carbons (Fsp3) is 0.375. The smallest absolute Gasteiger partial charge is 0.0121 e. The van der Waals surface area contributed by atoms with Gasteiger partial charge >= 0.3 is 0 Å². The molecule has 0 saturated heterocycles. The van der Waals surface area contributed by atoms with Crippen LogP contribution >= 0.6 is 0 Å². The van der Waals surface area contributed by atoms with Gasteiger partial charge in [0.2, 0.25) is 0 Å². The van der Waals surface area contributed by atoms with E-state index in [0.29, 0.717) is 11.8 Å². The largest absolute Gasteiger partial charge is 0.120 e. The van der Waals surface area contributed by atoms with Crippen molar-refractivity contribution < 1.29 is 0 Å². The van der Waals surface area contributed by atoms with Crippen LogP contribution in [0.25, 0.3) is 11.1 Å². The van der Waals surface area contributed by atoms with Crippen molar-refractivity contribution in [3.8, 4) is 12.3 Å². The van der Waals surface area contributed by atoms with Gasteiger partial charge in [0.15, 0.2) is 0 Å². The van der Waals surface area contributed by atoms with Crippen molar-refractivity contribution in [3.63, 3.8) is 0 Å². The first-order valence-corrected chi connectivity index (χ1v) is 12.3. The Morgan fingerprint density at radius 3 is 2.25 bits per heavy atom. The Hall–Kier alpha value is -2.78. The summed E-state index contributed by atoms with van der Waals surface area (Å²) in [6, 6.07) is 22.1. The molecule has 1 fully saturated rings. The molecule has 0 bridgehead atoms. The summed E-state index contributed by atoms with van der Waals surface area (Å²) >= 11 is 0. The molecule has 2 atom stereocenters. The molecule has 1 aliphatic rings. The van der Waals surface area contributed by atoms with Crippen molar-refractivity contribution in [1.82, 2.24) is 0 Å². The fourth-order valence-electron chi connectivity index (χ4n) is 5.01. The van der Waals surface area contributed by atoms with Gasteiger partial charge in [-0.25, -0.2) is 0 Å². The molecule has 2 unspecified atom stereocenters. The van der Waals surface area contributed by atoms with E-state index in [1.165, 1.54) is 60.0 Å². The predicted octanol–water partition coefficient (Wildman–Crippen LogP) is 9.12. The quantitative estimate of drug-likeness (QED) is 0.0993. The number of hydrogen-bond acceptors (Lipinski definition) is 0. The van der Waals surface area contributed by atoms with Gasteiger partial charge in [-0.05, 0) is 65.9 Å². The highest BCUT2D eigenvalue weighted by Gasteiger charge is 2.27. The van der Waals surface area contributed by atoms with Gasteiger partial charge < -0.3 is 0 Å². The zero-order chi connectivity index (χ0) is 22.6. The second-order valence-corrected chi connectivity index (χ2v) is 9.08. The molecule has 0 aromatic heterocycles. The summed E-state index contributed by atoms with van der Waals surface area (Å²) in [4.78, 5) is 0. The minimum absolute atomic E-state index is 0.588. The summed E-state index contributed by atoms with van der Waals surface area (Å²) in [5.41, 5.74) is 7.03. The third-order valence-electron chi connectivity index (χ3n) is 6.73. The Morgan fingerprint density at radius 1 is 0.906 bits per heavy atom. The molecule has 0 nitrogen and oxygen atoms in total. The molecule has 1 saturated carbocycles. The molecular formula is C32H38. The van der Waals surface area contributed by atoms with E-state index in [0.717, 1.165) is 19.3 Å². The van der Waals surface area contributed by atoms with Crippen LogP contribution in [0.5, 0.6) is 0 Å². The Balaban J connectivity index is 2.12. The van der Waals surface area contributed by atoms with E-state index in [-0.39, 0.29) is 0 Å². The van der Waals surface area contributed by atoms with Crippen LogP contribution in [0.15, 0.2) is 84.5 Å². The molecule has 166 valence electrons. The minimum atomic E-state index is 0.588. The number of rotatable bonds is 8. The average molecular weight is 423 g/mol. The summed E-state index contributed by atoms with van der Waals surface area (Å²) in [6.45, 7) is 4.76. The van der Waals surface area contributed by atoms with Crippen LogP contribution in [-0.4, -0.2) is 0 Å². The van der Waals surface area contributed by atoms with Gasteiger partial charge in [-0.1, -0.05) is 111 Å². The molecule has 3 rings (SSSR count). The van der Waals surface area contributed by atoms with E-state index in [1.54, 1.807) is 0 Å². The maximum atomic E-state index is 5.38. The molecule has 0 spiro atoms. The van der Waals surface area contributed by atoms with Crippen molar-refractivity contribution in [2.45, 2.75) is 65.2 Å². The van der Waals surface area contributed by atoms with E-state index in [4.69, 9.17) is 6.42 Å². The highest BCUT2D eigenvalue weighted by Crippen LogP contribution is 2.44. The van der Waals surface area contributed by atoms with Crippen LogP contribution in [-0.2, 0) is 0 Å². The van der Waals surface area contributed by atoms with E-state index in [2.05, 4.69) is 98.7 Å². The Kier molecular flexibility index (Phi) is 9.64. The lowest BCUT2D eigenvalue weighted by molar-refractivity contribution is 0.418. The zero-order valence-electron chi connectivity index (χ0n) is 19.9. The van der Waals surface area contributed by atoms with Crippen LogP contribution < -0.4 is 0 Å². The Morgan fingerprint density at radius 2 is 1.56 bits per heavy atom. The summed E-state index contributed by atoms with van der Waals surface area (Å²) in [5.74, 6) is 4.00. The molecule has 0 heteroatoms. The van der Waals surface area contributed by atoms with E-state index in [1.807, 2.05) is 0 Å². The zero-order valence-corrected chi connectivity index (χ0v) is 19.9. The lowest BCUT2D eigenvalue weighted by atomic mass is 9.75. The van der Waals surface area contributed by atoms with Gasteiger partial charge in [0.1, 0.15) is 0 Å². The van der Waals surface area contributed by atoms with Gasteiger partial charge in [-0.3, -0.25) is 0 Å². The number of benzene rings is 2. The number of allylic oxidation sites excluding steroid dienone is 6. The van der Waals surface area contributed by atoms with Crippen molar-refractivity contribution in [2.24, 2.45) is 11.8 Å². The molecule has 0 amide bonds. The second kappa shape index (κ2) is 12.9. The normalized spacial score (nSPS) is 20.5. The topological polar surface area (TPSA) is 0 Å². The van der Waals surface area contributed by atoms with E-state index in [9.17, 15) is 0 Å². The summed E-state index contributed by atoms with van der Waals surface area (Å²) in [5, 5.41) is 0. The van der Waals surface area contributed by atoms with Crippen LogP contribution in [0.3, 0.4) is 0 Å². The van der Waals surface area contributed by atoms with Crippen LogP contribution in [0.1, 0.15) is 76.3 Å². The molecule has 2 aromatic carbocycles. The third-order valence-corrected chi connectivity index (χ3v) is 6.73. The number of hydrogen-bond donors (Lipinski definition) is 0. The molecule has 32 heavy (non-hydrogen) atoms. The summed E-state index contributed by atoms with van der Waals surface area (Å²) in [7, 11) is 0. The predicted molar refractivity (Wildman–Crippen MR) is 141 cm³/mol. The van der Waals surface area contributed by atoms with Gasteiger partial charge in [0.25, 0.3) is 0 Å². The Bertz CT molecular complexity index is 950. The average Bonchev–Trinajstić information content (AvgIpc) is 3.04. The SMILES string of the molecule is C#CCCC=CCC=C(C)C(=C(c1ccccc1)C1CCCCCC1C)c1ccccc1. The van der Waals surface area contributed by atoms with Crippen molar-refractivity contribution in [1.29, 1.82) is 0 Å². The molecular weight excluding hydrogens is 384 g/mol. The van der Waals surface area contributed by atoms with Gasteiger partial charge in [-0.15, -0.1) is 12.3 Å². The first kappa shape index (κ1) is 23.9. The van der Waals surface area contributed by atoms with E-state index < -0.39 is 0 Å². The number of terminal acetylenes is 1. The molecule has 0 N–H and O–H groups in total. The second-order valence-electron chi connectivity index (χ2n) is 9.08. The third kappa shape index (κ3) is 6.61. The Labute approximate surface area is 196 Å². The van der Waals surface area contributed by atoms with E-state index >= 15 is 0 Å². The van der Waals surface area contributed by atoms with Crippen molar-refractivity contribution >= 4 is 11.1 Å².